The number of hydrogen-bond donors (Lipinski definition) is 1. The van der Waals surface area contributed by atoms with Crippen LogP contribution in [0.3, 0.4) is 0 Å². The Morgan fingerprint density at radius 2 is 1.84 bits per heavy atom. The number of halogens is 1. The summed E-state index contributed by atoms with van der Waals surface area (Å²) in [4.78, 5) is 12.1. The molecule has 0 spiro atoms. The minimum Gasteiger partial charge on any atom is -0.497 e. The number of ether oxygens (including phenoxy) is 1. The molecule has 1 N–H and O–H groups in total. The van der Waals surface area contributed by atoms with Crippen LogP contribution in [-0.4, -0.2) is 13.0 Å². The predicted molar refractivity (Wildman–Crippen MR) is 77.1 cm³/mol. The number of amides is 1. The lowest BCUT2D eigenvalue weighted by Gasteiger charge is -2.09. The monoisotopic (exact) mass is 275 g/mol. The quantitative estimate of drug-likeness (QED) is 0.922. The summed E-state index contributed by atoms with van der Waals surface area (Å²) in [6, 6.07) is 12.4. The van der Waals surface area contributed by atoms with Gasteiger partial charge in [-0.05, 0) is 48.9 Å². The number of carbonyl (C=O) groups excluding carboxylic acids is 1. The highest BCUT2D eigenvalue weighted by atomic mass is 35.5. The van der Waals surface area contributed by atoms with E-state index in [0.717, 1.165) is 11.3 Å². The summed E-state index contributed by atoms with van der Waals surface area (Å²) in [5, 5.41) is 3.47. The Kier molecular flexibility index (Phi) is 4.07. The van der Waals surface area contributed by atoms with Crippen molar-refractivity contribution in [1.82, 2.24) is 0 Å². The summed E-state index contributed by atoms with van der Waals surface area (Å²) in [6.07, 6.45) is 0. The Labute approximate surface area is 117 Å². The molecule has 98 valence electrons. The largest absolute Gasteiger partial charge is 0.497 e. The maximum atomic E-state index is 12.1. The van der Waals surface area contributed by atoms with Crippen LogP contribution < -0.4 is 10.1 Å². The van der Waals surface area contributed by atoms with Gasteiger partial charge in [-0.1, -0.05) is 17.7 Å². The van der Waals surface area contributed by atoms with E-state index >= 15 is 0 Å². The first-order chi connectivity index (χ1) is 9.11. The molecule has 0 aliphatic heterocycles. The second-order valence-corrected chi connectivity index (χ2v) is 4.50. The molecule has 0 atom stereocenters. The van der Waals surface area contributed by atoms with Gasteiger partial charge in [0.2, 0.25) is 0 Å². The molecule has 0 saturated heterocycles. The molecule has 0 bridgehead atoms. The van der Waals surface area contributed by atoms with Gasteiger partial charge < -0.3 is 10.1 Å². The molecule has 19 heavy (non-hydrogen) atoms. The summed E-state index contributed by atoms with van der Waals surface area (Å²) in [5.41, 5.74) is 2.14. The standard InChI is InChI=1S/C15H14ClNO2/c1-10-13(16)4-3-5-14(10)17-15(18)11-6-8-12(19-2)9-7-11/h3-9H,1-2H3,(H,17,18). The zero-order valence-corrected chi connectivity index (χ0v) is 11.5. The van der Waals surface area contributed by atoms with Crippen LogP contribution in [0, 0.1) is 6.92 Å². The van der Waals surface area contributed by atoms with Crippen LogP contribution >= 0.6 is 11.6 Å². The van der Waals surface area contributed by atoms with Crippen LogP contribution in [0.1, 0.15) is 15.9 Å². The Morgan fingerprint density at radius 3 is 2.47 bits per heavy atom. The Hall–Kier alpha value is -2.00. The van der Waals surface area contributed by atoms with Crippen molar-refractivity contribution in [3.8, 4) is 5.75 Å². The average Bonchev–Trinajstić information content (AvgIpc) is 2.44. The number of methoxy groups -OCH3 is 1. The molecular weight excluding hydrogens is 262 g/mol. The first kappa shape index (κ1) is 13.4. The molecule has 4 heteroatoms. The van der Waals surface area contributed by atoms with Crippen LogP contribution in [0.4, 0.5) is 5.69 Å². The normalized spacial score (nSPS) is 10.1. The van der Waals surface area contributed by atoms with E-state index in [1.54, 1.807) is 43.5 Å². The fourth-order valence-corrected chi connectivity index (χ4v) is 1.85. The van der Waals surface area contributed by atoms with E-state index in [1.165, 1.54) is 0 Å². The van der Waals surface area contributed by atoms with Crippen molar-refractivity contribution in [2.45, 2.75) is 6.92 Å². The zero-order chi connectivity index (χ0) is 13.8. The molecule has 0 aromatic heterocycles. The molecule has 0 aliphatic rings. The molecule has 1 amide bonds. The topological polar surface area (TPSA) is 38.3 Å². The minimum atomic E-state index is -0.173. The van der Waals surface area contributed by atoms with Crippen LogP contribution in [0.5, 0.6) is 5.75 Å². The SMILES string of the molecule is COc1ccc(C(=O)Nc2cccc(Cl)c2C)cc1. The summed E-state index contributed by atoms with van der Waals surface area (Å²) in [5.74, 6) is 0.545. The third kappa shape index (κ3) is 3.06. The number of rotatable bonds is 3. The molecule has 2 aromatic rings. The van der Waals surface area contributed by atoms with Crippen molar-refractivity contribution in [2.75, 3.05) is 12.4 Å². The van der Waals surface area contributed by atoms with E-state index in [1.807, 2.05) is 13.0 Å². The molecule has 0 fully saturated rings. The molecule has 0 saturated carbocycles. The van der Waals surface area contributed by atoms with E-state index in [9.17, 15) is 4.79 Å². The smallest absolute Gasteiger partial charge is 0.255 e. The van der Waals surface area contributed by atoms with Gasteiger partial charge in [-0.25, -0.2) is 0 Å². The van der Waals surface area contributed by atoms with Gasteiger partial charge in [0, 0.05) is 16.3 Å². The van der Waals surface area contributed by atoms with E-state index in [4.69, 9.17) is 16.3 Å². The van der Waals surface area contributed by atoms with Crippen LogP contribution in [-0.2, 0) is 0 Å². The van der Waals surface area contributed by atoms with E-state index in [2.05, 4.69) is 5.32 Å². The van der Waals surface area contributed by atoms with Gasteiger partial charge in [0.05, 0.1) is 7.11 Å². The Bertz CT molecular complexity index is 594. The van der Waals surface area contributed by atoms with Crippen molar-refractivity contribution in [3.05, 3.63) is 58.6 Å². The third-order valence-corrected chi connectivity index (χ3v) is 3.28. The van der Waals surface area contributed by atoms with Crippen molar-refractivity contribution < 1.29 is 9.53 Å². The van der Waals surface area contributed by atoms with Gasteiger partial charge in [0.15, 0.2) is 0 Å². The van der Waals surface area contributed by atoms with E-state index in [0.29, 0.717) is 16.3 Å². The lowest BCUT2D eigenvalue weighted by Crippen LogP contribution is -2.12. The van der Waals surface area contributed by atoms with Crippen molar-refractivity contribution in [3.63, 3.8) is 0 Å². The summed E-state index contributed by atoms with van der Waals surface area (Å²) in [7, 11) is 1.59. The lowest BCUT2D eigenvalue weighted by atomic mass is 10.1. The van der Waals surface area contributed by atoms with E-state index in [-0.39, 0.29) is 5.91 Å². The first-order valence-corrected chi connectivity index (χ1v) is 6.20. The van der Waals surface area contributed by atoms with Gasteiger partial charge in [-0.2, -0.15) is 0 Å². The fraction of sp³-hybridized carbons (Fsp3) is 0.133. The average molecular weight is 276 g/mol. The fourth-order valence-electron chi connectivity index (χ4n) is 1.68. The highest BCUT2D eigenvalue weighted by Gasteiger charge is 2.09. The van der Waals surface area contributed by atoms with Crippen molar-refractivity contribution in [1.29, 1.82) is 0 Å². The van der Waals surface area contributed by atoms with E-state index < -0.39 is 0 Å². The van der Waals surface area contributed by atoms with Crippen molar-refractivity contribution >= 4 is 23.2 Å². The summed E-state index contributed by atoms with van der Waals surface area (Å²) >= 11 is 6.02. The molecule has 0 heterocycles. The Morgan fingerprint density at radius 1 is 1.16 bits per heavy atom. The third-order valence-electron chi connectivity index (χ3n) is 2.87. The minimum absolute atomic E-state index is 0.173. The second kappa shape index (κ2) is 5.76. The molecule has 3 nitrogen and oxygen atoms in total. The number of benzene rings is 2. The van der Waals surface area contributed by atoms with Crippen LogP contribution in [0.15, 0.2) is 42.5 Å². The van der Waals surface area contributed by atoms with Gasteiger partial charge in [-0.3, -0.25) is 4.79 Å². The number of carbonyl (C=O) groups is 1. The summed E-state index contributed by atoms with van der Waals surface area (Å²) in [6.45, 7) is 1.87. The van der Waals surface area contributed by atoms with Gasteiger partial charge in [0.25, 0.3) is 5.91 Å². The highest BCUT2D eigenvalue weighted by Crippen LogP contribution is 2.23. The number of hydrogen-bond acceptors (Lipinski definition) is 2. The van der Waals surface area contributed by atoms with Gasteiger partial charge in [-0.15, -0.1) is 0 Å². The maximum absolute atomic E-state index is 12.1. The summed E-state index contributed by atoms with van der Waals surface area (Å²) < 4.78 is 5.05. The first-order valence-electron chi connectivity index (χ1n) is 5.82. The molecular formula is C15H14ClNO2. The van der Waals surface area contributed by atoms with Crippen molar-refractivity contribution in [2.24, 2.45) is 0 Å². The zero-order valence-electron chi connectivity index (χ0n) is 10.7. The predicted octanol–water partition coefficient (Wildman–Crippen LogP) is 3.91. The highest BCUT2D eigenvalue weighted by molar-refractivity contribution is 6.31. The maximum Gasteiger partial charge on any atom is 0.255 e. The second-order valence-electron chi connectivity index (χ2n) is 4.10. The Balaban J connectivity index is 2.18. The number of nitrogens with one attached hydrogen (secondary N) is 1. The van der Waals surface area contributed by atoms with Gasteiger partial charge >= 0.3 is 0 Å². The molecule has 2 aromatic carbocycles. The molecule has 0 unspecified atom stereocenters. The van der Waals surface area contributed by atoms with Crippen LogP contribution in [0.25, 0.3) is 0 Å². The number of anilines is 1. The molecule has 2 rings (SSSR count). The van der Waals surface area contributed by atoms with Gasteiger partial charge in [0.1, 0.15) is 5.75 Å². The molecule has 0 aliphatic carbocycles. The lowest BCUT2D eigenvalue weighted by molar-refractivity contribution is 0.102. The van der Waals surface area contributed by atoms with Crippen LogP contribution in [0.2, 0.25) is 5.02 Å². The molecule has 0 radical (unpaired) electrons.